The van der Waals surface area contributed by atoms with E-state index < -0.39 is 12.0 Å². The maximum Gasteiger partial charge on any atom is 0.325 e. The van der Waals surface area contributed by atoms with Gasteiger partial charge in [0.15, 0.2) is 3.77 Å². The molecule has 0 aliphatic carbocycles. The summed E-state index contributed by atoms with van der Waals surface area (Å²) in [5, 5.41) is 11.3. The van der Waals surface area contributed by atoms with Gasteiger partial charge >= 0.3 is 5.97 Å². The predicted octanol–water partition coefficient (Wildman–Crippen LogP) is 1.77. The molecular weight excluding hydrogens is 273 g/mol. The molecule has 0 aliphatic heterocycles. The lowest BCUT2D eigenvalue weighted by molar-refractivity contribution is -0.137. The third-order valence-corrected chi connectivity index (χ3v) is 1.89. The fourth-order valence-electron chi connectivity index (χ4n) is 0.698. The average molecular weight is 281 g/mol. The van der Waals surface area contributed by atoms with Crippen molar-refractivity contribution in [1.82, 2.24) is 0 Å². The first-order valence-corrected chi connectivity index (χ1v) is 4.41. The highest BCUT2D eigenvalue weighted by molar-refractivity contribution is 14.1. The topological polar surface area (TPSA) is 62.5 Å². The lowest BCUT2D eigenvalue weighted by atomic mass is 10.3. The van der Waals surface area contributed by atoms with Gasteiger partial charge in [-0.1, -0.05) is 0 Å². The standard InChI is InChI=1S/C7H8INO3/c1-4(7(10)11)9-5-2-6(8)12-3-5/h2-4,9H,1H3,(H,10,11)/t4-/m0/s1. The summed E-state index contributed by atoms with van der Waals surface area (Å²) in [5.41, 5.74) is 0.689. The Morgan fingerprint density at radius 1 is 1.83 bits per heavy atom. The molecule has 5 heteroatoms. The normalized spacial score (nSPS) is 12.5. The van der Waals surface area contributed by atoms with Crippen molar-refractivity contribution in [1.29, 1.82) is 0 Å². The van der Waals surface area contributed by atoms with E-state index in [9.17, 15) is 4.79 Å². The summed E-state index contributed by atoms with van der Waals surface area (Å²) in [7, 11) is 0. The number of anilines is 1. The van der Waals surface area contributed by atoms with E-state index in [-0.39, 0.29) is 0 Å². The summed E-state index contributed by atoms with van der Waals surface area (Å²) in [5.74, 6) is -0.883. The Bertz CT molecular complexity index is 284. The van der Waals surface area contributed by atoms with Crippen molar-refractivity contribution in [2.75, 3.05) is 5.32 Å². The van der Waals surface area contributed by atoms with Gasteiger partial charge in [0.25, 0.3) is 0 Å². The van der Waals surface area contributed by atoms with E-state index in [1.807, 2.05) is 22.6 Å². The maximum absolute atomic E-state index is 10.4. The van der Waals surface area contributed by atoms with E-state index in [4.69, 9.17) is 9.52 Å². The number of carbonyl (C=O) groups is 1. The van der Waals surface area contributed by atoms with E-state index in [1.54, 1.807) is 13.0 Å². The Balaban J connectivity index is 2.58. The predicted molar refractivity (Wildman–Crippen MR) is 52.1 cm³/mol. The van der Waals surface area contributed by atoms with E-state index >= 15 is 0 Å². The van der Waals surface area contributed by atoms with Crippen LogP contribution in [0.5, 0.6) is 0 Å². The molecule has 0 fully saturated rings. The van der Waals surface area contributed by atoms with Crippen LogP contribution in [0.2, 0.25) is 0 Å². The number of hydrogen-bond donors (Lipinski definition) is 2. The summed E-state index contributed by atoms with van der Waals surface area (Å²) >= 11 is 2.01. The van der Waals surface area contributed by atoms with Crippen LogP contribution in [0, 0.1) is 3.77 Å². The molecule has 0 saturated carbocycles. The maximum atomic E-state index is 10.4. The van der Waals surface area contributed by atoms with Crippen LogP contribution >= 0.6 is 22.6 Å². The Kier molecular flexibility index (Phi) is 2.96. The average Bonchev–Trinajstić information content (AvgIpc) is 2.35. The summed E-state index contributed by atoms with van der Waals surface area (Å²) in [4.78, 5) is 10.4. The minimum Gasteiger partial charge on any atom is -0.480 e. The number of rotatable bonds is 3. The van der Waals surface area contributed by atoms with Gasteiger partial charge in [-0.25, -0.2) is 0 Å². The second-order valence-electron chi connectivity index (χ2n) is 2.34. The van der Waals surface area contributed by atoms with E-state index in [1.165, 1.54) is 6.26 Å². The molecule has 0 saturated heterocycles. The van der Waals surface area contributed by atoms with Crippen LogP contribution < -0.4 is 5.32 Å². The number of carboxylic acid groups (broad SMARTS) is 1. The molecule has 0 amide bonds. The number of hydrogen-bond acceptors (Lipinski definition) is 3. The summed E-state index contributed by atoms with van der Waals surface area (Å²) in [6, 6.07) is 1.14. The van der Waals surface area contributed by atoms with Crippen molar-refractivity contribution in [3.8, 4) is 0 Å². The van der Waals surface area contributed by atoms with Gasteiger partial charge in [0, 0.05) is 6.07 Å². The molecule has 1 aromatic heterocycles. The number of furan rings is 1. The van der Waals surface area contributed by atoms with Crippen molar-refractivity contribution < 1.29 is 14.3 Å². The number of carboxylic acids is 1. The van der Waals surface area contributed by atoms with E-state index in [0.29, 0.717) is 5.69 Å². The molecule has 1 atom stereocenters. The largest absolute Gasteiger partial charge is 0.480 e. The summed E-state index contributed by atoms with van der Waals surface area (Å²) in [6.07, 6.45) is 1.49. The zero-order valence-electron chi connectivity index (χ0n) is 6.37. The Morgan fingerprint density at radius 2 is 2.50 bits per heavy atom. The van der Waals surface area contributed by atoms with Gasteiger partial charge in [-0.15, -0.1) is 0 Å². The van der Waals surface area contributed by atoms with Crippen LogP contribution in [0.1, 0.15) is 6.92 Å². The summed E-state index contributed by atoms with van der Waals surface area (Å²) in [6.45, 7) is 1.57. The molecule has 1 rings (SSSR count). The molecule has 0 spiro atoms. The van der Waals surface area contributed by atoms with Crippen molar-refractivity contribution in [3.05, 3.63) is 16.1 Å². The molecule has 0 bridgehead atoms. The number of halogens is 1. The van der Waals surface area contributed by atoms with Crippen LogP contribution in [0.25, 0.3) is 0 Å². The number of aliphatic carboxylic acids is 1. The first-order valence-electron chi connectivity index (χ1n) is 3.33. The Labute approximate surface area is 83.1 Å². The lowest BCUT2D eigenvalue weighted by Crippen LogP contribution is -2.24. The minimum absolute atomic E-state index is 0.599. The quantitative estimate of drug-likeness (QED) is 0.829. The van der Waals surface area contributed by atoms with Crippen molar-refractivity contribution in [2.24, 2.45) is 0 Å². The van der Waals surface area contributed by atoms with Crippen LogP contribution in [0.15, 0.2) is 16.7 Å². The highest BCUT2D eigenvalue weighted by atomic mass is 127. The van der Waals surface area contributed by atoms with Crippen LogP contribution in [0.3, 0.4) is 0 Å². The minimum atomic E-state index is -0.883. The Morgan fingerprint density at radius 3 is 2.92 bits per heavy atom. The lowest BCUT2D eigenvalue weighted by Gasteiger charge is -2.06. The van der Waals surface area contributed by atoms with Gasteiger partial charge in [0.1, 0.15) is 12.3 Å². The zero-order valence-corrected chi connectivity index (χ0v) is 8.53. The van der Waals surface area contributed by atoms with Crippen molar-refractivity contribution in [3.63, 3.8) is 0 Å². The molecule has 66 valence electrons. The fourth-order valence-corrected chi connectivity index (χ4v) is 1.16. The van der Waals surface area contributed by atoms with E-state index in [2.05, 4.69) is 5.32 Å². The number of nitrogens with one attached hydrogen (secondary N) is 1. The van der Waals surface area contributed by atoms with Gasteiger partial charge in [-0.05, 0) is 29.5 Å². The van der Waals surface area contributed by atoms with Crippen LogP contribution in [-0.2, 0) is 4.79 Å². The Hall–Kier alpha value is -0.720. The highest BCUT2D eigenvalue weighted by Gasteiger charge is 2.10. The smallest absolute Gasteiger partial charge is 0.325 e. The molecule has 1 heterocycles. The molecule has 0 unspecified atom stereocenters. The first-order chi connectivity index (χ1) is 5.59. The molecule has 0 aromatic carbocycles. The second-order valence-corrected chi connectivity index (χ2v) is 3.41. The highest BCUT2D eigenvalue weighted by Crippen LogP contribution is 2.15. The fraction of sp³-hybridized carbons (Fsp3) is 0.286. The van der Waals surface area contributed by atoms with Crippen LogP contribution in [0.4, 0.5) is 5.69 Å². The van der Waals surface area contributed by atoms with Crippen LogP contribution in [-0.4, -0.2) is 17.1 Å². The third-order valence-electron chi connectivity index (χ3n) is 1.32. The molecule has 2 N–H and O–H groups in total. The molecule has 0 radical (unpaired) electrons. The monoisotopic (exact) mass is 281 g/mol. The molecule has 0 aliphatic rings. The van der Waals surface area contributed by atoms with Gasteiger partial charge in [-0.2, -0.15) is 0 Å². The van der Waals surface area contributed by atoms with Gasteiger partial charge in [-0.3, -0.25) is 4.79 Å². The van der Waals surface area contributed by atoms with E-state index in [0.717, 1.165) is 3.77 Å². The van der Waals surface area contributed by atoms with Gasteiger partial charge in [0.05, 0.1) is 5.69 Å². The SMILES string of the molecule is C[C@H](Nc1coc(I)c1)C(=O)O. The second kappa shape index (κ2) is 3.79. The third kappa shape index (κ3) is 2.40. The zero-order chi connectivity index (χ0) is 9.14. The molecular formula is C7H8INO3. The first kappa shape index (κ1) is 9.37. The van der Waals surface area contributed by atoms with Gasteiger partial charge < -0.3 is 14.8 Å². The van der Waals surface area contributed by atoms with Crippen molar-refractivity contribution >= 4 is 34.2 Å². The molecule has 4 nitrogen and oxygen atoms in total. The van der Waals surface area contributed by atoms with Crippen molar-refractivity contribution in [2.45, 2.75) is 13.0 Å². The summed E-state index contributed by atoms with van der Waals surface area (Å²) < 4.78 is 5.71. The molecule has 12 heavy (non-hydrogen) atoms. The molecule has 1 aromatic rings. The van der Waals surface area contributed by atoms with Gasteiger partial charge in [0.2, 0.25) is 0 Å².